The molecule has 0 aliphatic heterocycles. The van der Waals surface area contributed by atoms with Gasteiger partial charge < -0.3 is 14.6 Å². The zero-order valence-electron chi connectivity index (χ0n) is 24.2. The smallest absolute Gasteiger partial charge is 0.440 e. The molecular weight excluding hydrogens is 597 g/mol. The molecule has 0 saturated heterocycles. The summed E-state index contributed by atoms with van der Waals surface area (Å²) in [7, 11) is -1.30. The highest BCUT2D eigenvalue weighted by atomic mass is 32.2. The van der Waals surface area contributed by atoms with Crippen LogP contribution in [0.3, 0.4) is 0 Å². The fraction of sp³-hybridized carbons (Fsp3) is 0.125. The number of fused-ring (bicyclic) bond motifs is 1. The van der Waals surface area contributed by atoms with Crippen LogP contribution in [0.5, 0.6) is 5.75 Å². The van der Waals surface area contributed by atoms with Crippen molar-refractivity contribution in [2.24, 2.45) is 0 Å². The fourth-order valence-corrected chi connectivity index (χ4v) is 7.24. The van der Waals surface area contributed by atoms with Crippen LogP contribution in [0.4, 0.5) is 0 Å². The molecule has 0 bridgehead atoms. The molecule has 44 heavy (non-hydrogen) atoms. The van der Waals surface area contributed by atoms with Crippen molar-refractivity contribution < 1.29 is 23.4 Å². The molecule has 0 saturated carbocycles. The number of methoxy groups -OCH3 is 1. The van der Waals surface area contributed by atoms with E-state index >= 15 is 0 Å². The van der Waals surface area contributed by atoms with E-state index in [0.29, 0.717) is 33.6 Å². The van der Waals surface area contributed by atoms with Crippen molar-refractivity contribution in [3.8, 4) is 5.75 Å². The van der Waals surface area contributed by atoms with Gasteiger partial charge in [0.15, 0.2) is 0 Å². The molecule has 5 aromatic rings. The Labute approximate surface area is 259 Å². The van der Waals surface area contributed by atoms with Gasteiger partial charge in [-0.2, -0.15) is 9.55 Å². The number of pyridine rings is 1. The second-order valence-electron chi connectivity index (χ2n) is 9.52. The van der Waals surface area contributed by atoms with Gasteiger partial charge in [-0.05, 0) is 73.7 Å². The van der Waals surface area contributed by atoms with Gasteiger partial charge in [-0.1, -0.05) is 48.2 Å². The Hall–Kier alpha value is -4.70. The number of aromatic nitrogens is 3. The molecule has 0 aliphatic rings. The van der Waals surface area contributed by atoms with Crippen LogP contribution >= 0.6 is 19.4 Å². The van der Waals surface area contributed by atoms with Crippen molar-refractivity contribution in [2.75, 3.05) is 14.2 Å². The summed E-state index contributed by atoms with van der Waals surface area (Å²) >= 11 is 1.38. The summed E-state index contributed by atoms with van der Waals surface area (Å²) in [4.78, 5) is 30.8. The van der Waals surface area contributed by atoms with Crippen LogP contribution in [0.15, 0.2) is 107 Å². The second kappa shape index (κ2) is 13.7. The highest BCUT2D eigenvalue weighted by Crippen LogP contribution is 2.48. The van der Waals surface area contributed by atoms with Crippen LogP contribution in [-0.4, -0.2) is 46.6 Å². The molecule has 10 nitrogen and oxygen atoms in total. The van der Waals surface area contributed by atoms with Crippen molar-refractivity contribution in [3.05, 3.63) is 114 Å². The number of nitrogens with zero attached hydrogens (tertiary/aromatic N) is 3. The summed E-state index contributed by atoms with van der Waals surface area (Å²) in [6.45, 7) is 1.54. The zero-order chi connectivity index (χ0) is 31.1. The minimum Gasteiger partial charge on any atom is -0.468 e. The number of rotatable bonds is 11. The molecule has 0 spiro atoms. The van der Waals surface area contributed by atoms with Gasteiger partial charge in [0.25, 0.3) is 5.91 Å². The van der Waals surface area contributed by atoms with E-state index < -0.39 is 19.7 Å². The first-order valence-electron chi connectivity index (χ1n) is 13.6. The Balaban J connectivity index is 1.66. The fourth-order valence-electron chi connectivity index (χ4n) is 4.35. The molecule has 2 atom stereocenters. The third kappa shape index (κ3) is 6.92. The van der Waals surface area contributed by atoms with Crippen molar-refractivity contribution >= 4 is 54.4 Å². The lowest BCUT2D eigenvalue weighted by molar-refractivity contribution is -0.142. The zero-order valence-corrected chi connectivity index (χ0v) is 25.9. The molecule has 12 heteroatoms. The third-order valence-electron chi connectivity index (χ3n) is 6.48. The minimum atomic E-state index is -4.14. The number of carbonyl (C=O) groups excluding carboxylic acids is 2. The van der Waals surface area contributed by atoms with Gasteiger partial charge in [0.2, 0.25) is 0 Å². The number of amides is 1. The average molecular weight is 628 g/mol. The van der Waals surface area contributed by atoms with Gasteiger partial charge in [-0.15, -0.1) is 0 Å². The van der Waals surface area contributed by atoms with E-state index in [1.807, 2.05) is 60.7 Å². The SMILES string of the molecule is CNC(=O)c1ccccc1Sc1ccc2c(/C=C/c3ccccn3)nn(P(=O)(N[C@@H](C)C(=O)OC)Oc3ccccc3)c2c1. The molecule has 1 amide bonds. The van der Waals surface area contributed by atoms with Crippen LogP contribution in [0.2, 0.25) is 0 Å². The van der Waals surface area contributed by atoms with Crippen LogP contribution in [-0.2, 0) is 14.1 Å². The normalized spacial score (nSPS) is 13.3. The molecule has 2 N–H and O–H groups in total. The van der Waals surface area contributed by atoms with Crippen molar-refractivity contribution in [2.45, 2.75) is 22.8 Å². The standard InChI is InChI=1S/C32H30N5O5PS/c1-22(32(39)41-3)36-43(40,42-24-12-5-4-6-13-24)37-29-21-25(44-30-15-8-7-14-27(30)31(38)33-2)17-18-26(29)28(35-37)19-16-23-11-9-10-20-34-23/h4-22H,1-3H3,(H,33,38)(H,36,40)/b19-16+/t22-,43?/m0/s1. The first-order valence-corrected chi connectivity index (χ1v) is 16.0. The van der Waals surface area contributed by atoms with Gasteiger partial charge >= 0.3 is 13.6 Å². The lowest BCUT2D eigenvalue weighted by Gasteiger charge is -2.23. The molecule has 2 aromatic heterocycles. The van der Waals surface area contributed by atoms with Gasteiger partial charge in [0.1, 0.15) is 11.8 Å². The Morgan fingerprint density at radius 1 is 0.977 bits per heavy atom. The molecule has 224 valence electrons. The first-order chi connectivity index (χ1) is 21.3. The van der Waals surface area contributed by atoms with Gasteiger partial charge in [-0.25, -0.2) is 9.65 Å². The molecule has 0 radical (unpaired) electrons. The number of carbonyl (C=O) groups is 2. The second-order valence-corrected chi connectivity index (χ2v) is 12.5. The van der Waals surface area contributed by atoms with Crippen molar-refractivity contribution in [3.63, 3.8) is 0 Å². The van der Waals surface area contributed by atoms with E-state index in [1.54, 1.807) is 55.7 Å². The predicted octanol–water partition coefficient (Wildman–Crippen LogP) is 6.30. The summed E-state index contributed by atoms with van der Waals surface area (Å²) in [5, 5.41) is 11.0. The maximum Gasteiger partial charge on any atom is 0.440 e. The average Bonchev–Trinajstić information content (AvgIpc) is 3.42. The van der Waals surface area contributed by atoms with Crippen molar-refractivity contribution in [1.82, 2.24) is 24.9 Å². The lowest BCUT2D eigenvalue weighted by Crippen LogP contribution is -2.36. The number of hydrogen-bond donors (Lipinski definition) is 2. The van der Waals surface area contributed by atoms with E-state index in [9.17, 15) is 14.2 Å². The monoisotopic (exact) mass is 627 g/mol. The molecule has 1 unspecified atom stereocenters. The van der Waals surface area contributed by atoms with E-state index in [-0.39, 0.29) is 5.91 Å². The number of para-hydroxylation sites is 1. The number of hydrogen-bond acceptors (Lipinski definition) is 8. The van der Waals surface area contributed by atoms with Crippen LogP contribution in [0, 0.1) is 0 Å². The molecule has 2 heterocycles. The summed E-state index contributed by atoms with van der Waals surface area (Å²) in [5.74, 6) is -0.502. The Bertz CT molecular complexity index is 1860. The predicted molar refractivity (Wildman–Crippen MR) is 172 cm³/mol. The minimum absolute atomic E-state index is 0.206. The van der Waals surface area contributed by atoms with E-state index in [2.05, 4.69) is 15.4 Å². The molecule has 5 rings (SSSR count). The first kappa shape index (κ1) is 30.7. The maximum atomic E-state index is 14.8. The third-order valence-corrected chi connectivity index (χ3v) is 9.52. The van der Waals surface area contributed by atoms with Gasteiger partial charge in [0.05, 0.1) is 29.6 Å². The molecular formula is C32H30N5O5PS. The molecule has 0 fully saturated rings. The maximum absolute atomic E-state index is 14.8. The number of nitrogens with one attached hydrogen (secondary N) is 2. The highest BCUT2D eigenvalue weighted by molar-refractivity contribution is 7.99. The van der Waals surface area contributed by atoms with E-state index in [1.165, 1.54) is 30.2 Å². The summed E-state index contributed by atoms with van der Waals surface area (Å²) < 4.78 is 27.1. The summed E-state index contributed by atoms with van der Waals surface area (Å²) in [5.41, 5.74) is 2.24. The van der Waals surface area contributed by atoms with Gasteiger partial charge in [0, 0.05) is 28.4 Å². The number of esters is 1. The Morgan fingerprint density at radius 3 is 2.45 bits per heavy atom. The van der Waals surface area contributed by atoms with E-state index in [0.717, 1.165) is 9.79 Å². The van der Waals surface area contributed by atoms with Gasteiger partial charge in [-0.3, -0.25) is 14.6 Å². The Morgan fingerprint density at radius 2 is 1.73 bits per heavy atom. The molecule has 3 aromatic carbocycles. The largest absolute Gasteiger partial charge is 0.468 e. The van der Waals surface area contributed by atoms with Crippen LogP contribution < -0.4 is 14.9 Å². The topological polar surface area (TPSA) is 124 Å². The van der Waals surface area contributed by atoms with E-state index in [4.69, 9.17) is 14.4 Å². The molecule has 0 aliphatic carbocycles. The number of benzene rings is 3. The van der Waals surface area contributed by atoms with Crippen LogP contribution in [0.1, 0.15) is 28.7 Å². The number of ether oxygens (including phenoxy) is 1. The summed E-state index contributed by atoms with van der Waals surface area (Å²) in [6.07, 6.45) is 5.28. The summed E-state index contributed by atoms with van der Waals surface area (Å²) in [6, 6.07) is 26.1. The quantitative estimate of drug-likeness (QED) is 0.128. The Kier molecular flexibility index (Phi) is 9.59. The van der Waals surface area contributed by atoms with Crippen LogP contribution in [0.25, 0.3) is 23.1 Å². The highest BCUT2D eigenvalue weighted by Gasteiger charge is 2.35. The van der Waals surface area contributed by atoms with Crippen molar-refractivity contribution in [1.29, 1.82) is 0 Å². The lowest BCUT2D eigenvalue weighted by atomic mass is 10.2.